The van der Waals surface area contributed by atoms with Crippen molar-refractivity contribution >= 4 is 33.2 Å². The van der Waals surface area contributed by atoms with E-state index in [2.05, 4.69) is 58.8 Å². The molecule has 1 heterocycles. The minimum Gasteiger partial charge on any atom is -0.368 e. The number of hydrogen-bond donors (Lipinski definition) is 0. The van der Waals surface area contributed by atoms with Crippen LogP contribution in [0, 0.1) is 0 Å². The molecule has 0 saturated carbocycles. The number of hydrogen-bond acceptors (Lipinski definition) is 2. The van der Waals surface area contributed by atoms with E-state index in [4.69, 9.17) is 11.6 Å². The molecule has 0 N–H and O–H groups in total. The molecule has 0 amide bonds. The van der Waals surface area contributed by atoms with E-state index < -0.39 is 0 Å². The molecule has 1 aliphatic rings. The Morgan fingerprint density at radius 2 is 2.06 bits per heavy atom. The van der Waals surface area contributed by atoms with E-state index >= 15 is 0 Å². The molecule has 0 radical (unpaired) electrons. The monoisotopic (exact) mass is 330 g/mol. The summed E-state index contributed by atoms with van der Waals surface area (Å²) < 4.78 is 0. The molecule has 2 nitrogen and oxygen atoms in total. The molecule has 0 aliphatic carbocycles. The van der Waals surface area contributed by atoms with Crippen LogP contribution in [0.15, 0.2) is 18.2 Å². The van der Waals surface area contributed by atoms with Crippen molar-refractivity contribution in [1.82, 2.24) is 4.90 Å². The van der Waals surface area contributed by atoms with Crippen molar-refractivity contribution < 1.29 is 0 Å². The lowest BCUT2D eigenvalue weighted by molar-refractivity contribution is 0.139. The van der Waals surface area contributed by atoms with Crippen LogP contribution in [0.25, 0.3) is 0 Å². The lowest BCUT2D eigenvalue weighted by atomic mass is 9.98. The summed E-state index contributed by atoms with van der Waals surface area (Å²) >= 11 is 9.62. The molecule has 1 aromatic carbocycles. The van der Waals surface area contributed by atoms with Crippen LogP contribution in [0.2, 0.25) is 5.02 Å². The number of alkyl halides is 1. The molecule has 4 heteroatoms. The van der Waals surface area contributed by atoms with Gasteiger partial charge in [-0.05, 0) is 44.7 Å². The van der Waals surface area contributed by atoms with Crippen molar-refractivity contribution in [2.45, 2.75) is 24.7 Å². The minimum absolute atomic E-state index is 0.210. The van der Waals surface area contributed by atoms with Gasteiger partial charge in [0.15, 0.2) is 0 Å². The molecule has 0 atom stereocenters. The first-order chi connectivity index (χ1) is 8.44. The first kappa shape index (κ1) is 14.2. The summed E-state index contributed by atoms with van der Waals surface area (Å²) in [5.41, 5.74) is 2.78. The van der Waals surface area contributed by atoms with Crippen LogP contribution < -0.4 is 4.90 Å². The molecule has 2 rings (SSSR count). The number of anilines is 1. The third-order valence-corrected chi connectivity index (χ3v) is 4.68. The minimum atomic E-state index is 0.210. The Hall–Kier alpha value is -0.250. The molecule has 18 heavy (non-hydrogen) atoms. The van der Waals surface area contributed by atoms with Crippen molar-refractivity contribution in [2.75, 3.05) is 31.6 Å². The lowest BCUT2D eigenvalue weighted by Crippen LogP contribution is -2.57. The third kappa shape index (κ3) is 2.84. The van der Waals surface area contributed by atoms with Gasteiger partial charge in [-0.3, -0.25) is 4.90 Å². The Kier molecular flexibility index (Phi) is 4.25. The van der Waals surface area contributed by atoms with Crippen LogP contribution in [0.3, 0.4) is 0 Å². The number of benzene rings is 1. The summed E-state index contributed by atoms with van der Waals surface area (Å²) in [7, 11) is 2.20. The summed E-state index contributed by atoms with van der Waals surface area (Å²) in [6.45, 7) is 7.80. The van der Waals surface area contributed by atoms with E-state index in [-0.39, 0.29) is 5.54 Å². The molecule has 0 bridgehead atoms. The van der Waals surface area contributed by atoms with E-state index in [1.807, 2.05) is 6.07 Å². The highest BCUT2D eigenvalue weighted by molar-refractivity contribution is 9.08. The zero-order valence-electron chi connectivity index (χ0n) is 11.2. The Labute approximate surface area is 123 Å². The van der Waals surface area contributed by atoms with Crippen LogP contribution in [0.1, 0.15) is 19.4 Å². The molecule has 1 saturated heterocycles. The lowest BCUT2D eigenvalue weighted by Gasteiger charge is -2.46. The van der Waals surface area contributed by atoms with Crippen molar-refractivity contribution in [1.29, 1.82) is 0 Å². The van der Waals surface area contributed by atoms with Crippen molar-refractivity contribution in [3.05, 3.63) is 28.8 Å². The van der Waals surface area contributed by atoms with Crippen LogP contribution in [-0.2, 0) is 5.33 Å². The highest BCUT2D eigenvalue weighted by Crippen LogP contribution is 2.30. The van der Waals surface area contributed by atoms with Gasteiger partial charge in [0.2, 0.25) is 0 Å². The maximum absolute atomic E-state index is 6.07. The molecule has 1 aromatic rings. The summed E-state index contributed by atoms with van der Waals surface area (Å²) in [5.74, 6) is 0. The molecule has 100 valence electrons. The molecule has 0 aromatic heterocycles. The Bertz CT molecular complexity index is 434. The predicted molar refractivity (Wildman–Crippen MR) is 83.0 cm³/mol. The van der Waals surface area contributed by atoms with Gasteiger partial charge < -0.3 is 4.90 Å². The number of halogens is 2. The first-order valence-corrected chi connectivity index (χ1v) is 7.74. The SMILES string of the molecule is CN1CCN(c2ccc(Cl)cc2CBr)CC1(C)C. The van der Waals surface area contributed by atoms with Crippen molar-refractivity contribution in [3.8, 4) is 0 Å². The summed E-state index contributed by atoms with van der Waals surface area (Å²) in [6.07, 6.45) is 0. The van der Waals surface area contributed by atoms with E-state index in [0.29, 0.717) is 0 Å². The summed E-state index contributed by atoms with van der Waals surface area (Å²) in [5, 5.41) is 1.65. The van der Waals surface area contributed by atoms with E-state index in [1.54, 1.807) is 0 Å². The van der Waals surface area contributed by atoms with E-state index in [9.17, 15) is 0 Å². The average Bonchev–Trinajstić information content (AvgIpc) is 2.32. The zero-order chi connectivity index (χ0) is 13.3. The van der Waals surface area contributed by atoms with Crippen molar-refractivity contribution in [3.63, 3.8) is 0 Å². The van der Waals surface area contributed by atoms with Crippen LogP contribution in [0.5, 0.6) is 0 Å². The molecule has 1 aliphatic heterocycles. The quantitative estimate of drug-likeness (QED) is 0.761. The largest absolute Gasteiger partial charge is 0.368 e. The molecule has 1 fully saturated rings. The van der Waals surface area contributed by atoms with Gasteiger partial charge in [-0.25, -0.2) is 0 Å². The number of likely N-dealkylation sites (N-methyl/N-ethyl adjacent to an activating group) is 1. The standard InChI is InChI=1S/C14H20BrClN2/c1-14(2)10-18(7-6-17(14)3)13-5-4-12(16)8-11(13)9-15/h4-5,8H,6-7,9-10H2,1-3H3. The van der Waals surface area contributed by atoms with Crippen LogP contribution in [-0.4, -0.2) is 37.1 Å². The van der Waals surface area contributed by atoms with Crippen molar-refractivity contribution in [2.24, 2.45) is 0 Å². The summed E-state index contributed by atoms with van der Waals surface area (Å²) in [4.78, 5) is 4.89. The summed E-state index contributed by atoms with van der Waals surface area (Å²) in [6, 6.07) is 6.17. The Morgan fingerprint density at radius 1 is 1.33 bits per heavy atom. The number of piperazine rings is 1. The van der Waals surface area contributed by atoms with Gasteiger partial charge in [-0.2, -0.15) is 0 Å². The van der Waals surface area contributed by atoms with Crippen LogP contribution >= 0.6 is 27.5 Å². The van der Waals surface area contributed by atoms with Gasteiger partial charge in [-0.15, -0.1) is 0 Å². The van der Waals surface area contributed by atoms with E-state index in [0.717, 1.165) is 30.0 Å². The number of rotatable bonds is 2. The maximum Gasteiger partial charge on any atom is 0.0410 e. The Balaban J connectivity index is 2.27. The van der Waals surface area contributed by atoms with Gasteiger partial charge in [0, 0.05) is 41.2 Å². The Morgan fingerprint density at radius 3 is 2.67 bits per heavy atom. The first-order valence-electron chi connectivity index (χ1n) is 6.24. The van der Waals surface area contributed by atoms with Gasteiger partial charge >= 0.3 is 0 Å². The molecular weight excluding hydrogens is 312 g/mol. The normalized spacial score (nSPS) is 20.2. The highest BCUT2D eigenvalue weighted by Gasteiger charge is 2.31. The molecular formula is C14H20BrClN2. The third-order valence-electron chi connectivity index (χ3n) is 3.84. The molecule has 0 spiro atoms. The topological polar surface area (TPSA) is 6.48 Å². The second kappa shape index (κ2) is 5.40. The highest BCUT2D eigenvalue weighted by atomic mass is 79.9. The fourth-order valence-corrected chi connectivity index (χ4v) is 3.06. The maximum atomic E-state index is 6.07. The molecule has 0 unspecified atom stereocenters. The fraction of sp³-hybridized carbons (Fsp3) is 0.571. The van der Waals surface area contributed by atoms with Gasteiger partial charge in [0.1, 0.15) is 0 Å². The van der Waals surface area contributed by atoms with E-state index in [1.165, 1.54) is 11.3 Å². The smallest absolute Gasteiger partial charge is 0.0410 e. The average molecular weight is 332 g/mol. The van der Waals surface area contributed by atoms with Gasteiger partial charge in [-0.1, -0.05) is 27.5 Å². The van der Waals surface area contributed by atoms with Gasteiger partial charge in [0.05, 0.1) is 0 Å². The number of nitrogens with zero attached hydrogens (tertiary/aromatic N) is 2. The second-order valence-electron chi connectivity index (χ2n) is 5.56. The fourth-order valence-electron chi connectivity index (χ4n) is 2.42. The second-order valence-corrected chi connectivity index (χ2v) is 6.56. The predicted octanol–water partition coefficient (Wildman–Crippen LogP) is 3.77. The van der Waals surface area contributed by atoms with Crippen LogP contribution in [0.4, 0.5) is 5.69 Å². The zero-order valence-corrected chi connectivity index (χ0v) is 13.6. The van der Waals surface area contributed by atoms with Gasteiger partial charge in [0.25, 0.3) is 0 Å².